The zero-order valence-electron chi connectivity index (χ0n) is 17.1. The number of carbonyl (C=O) groups excluding carboxylic acids is 2. The van der Waals surface area contributed by atoms with E-state index in [-0.39, 0.29) is 5.91 Å². The van der Waals surface area contributed by atoms with Gasteiger partial charge in [0.1, 0.15) is 5.75 Å². The minimum atomic E-state index is -0.955. The highest BCUT2D eigenvalue weighted by molar-refractivity contribution is 7.99. The summed E-state index contributed by atoms with van der Waals surface area (Å²) in [5, 5.41) is -0.423. The number of methoxy groups -OCH3 is 1. The molecule has 1 aliphatic rings. The van der Waals surface area contributed by atoms with Crippen LogP contribution in [-0.2, 0) is 14.3 Å². The van der Waals surface area contributed by atoms with Gasteiger partial charge in [-0.2, -0.15) is 0 Å². The lowest BCUT2D eigenvalue weighted by atomic mass is 10.0. The van der Waals surface area contributed by atoms with Gasteiger partial charge in [0.25, 0.3) is 5.91 Å². The zero-order valence-corrected chi connectivity index (χ0v) is 17.9. The fourth-order valence-corrected chi connectivity index (χ4v) is 4.68. The molecule has 2 aromatic rings. The molecule has 0 bridgehead atoms. The van der Waals surface area contributed by atoms with E-state index in [0.717, 1.165) is 16.1 Å². The van der Waals surface area contributed by atoms with E-state index in [1.807, 2.05) is 67.5 Å². The second-order valence-corrected chi connectivity index (χ2v) is 8.25. The Balaban J connectivity index is 2.12. The minimum absolute atomic E-state index is 0.226. The van der Waals surface area contributed by atoms with Crippen molar-refractivity contribution < 1.29 is 19.1 Å². The summed E-state index contributed by atoms with van der Waals surface area (Å²) in [6.45, 7) is 2.52. The molecule has 0 saturated heterocycles. The number of hydrogen-bond donors (Lipinski definition) is 0. The molecule has 154 valence electrons. The quantitative estimate of drug-likeness (QED) is 0.676. The molecule has 2 aromatic carbocycles. The third-order valence-electron chi connectivity index (χ3n) is 4.70. The van der Waals surface area contributed by atoms with Crippen LogP contribution in [0.15, 0.2) is 53.4 Å². The van der Waals surface area contributed by atoms with Crippen LogP contribution in [0, 0.1) is 0 Å². The summed E-state index contributed by atoms with van der Waals surface area (Å²) in [7, 11) is 5.52. The van der Waals surface area contributed by atoms with Gasteiger partial charge in [0, 0.05) is 30.5 Å². The summed E-state index contributed by atoms with van der Waals surface area (Å²) in [5.74, 6) is -0.0491. The lowest BCUT2D eigenvalue weighted by Crippen LogP contribution is -2.45. The molecule has 0 N–H and O–H groups in total. The summed E-state index contributed by atoms with van der Waals surface area (Å²) < 4.78 is 11.1. The van der Waals surface area contributed by atoms with E-state index in [4.69, 9.17) is 9.47 Å². The number of para-hydroxylation sites is 2. The second kappa shape index (κ2) is 9.33. The molecule has 0 radical (unpaired) electrons. The molecule has 2 atom stereocenters. The maximum atomic E-state index is 13.6. The van der Waals surface area contributed by atoms with Gasteiger partial charge in [0.05, 0.1) is 18.0 Å². The highest BCUT2D eigenvalue weighted by atomic mass is 32.2. The SMILES string of the molecule is COc1ccccc1[C@@H]1Sc2ccccc2N(CCN(C)C)C(=O)[C@H]1OC(C)=O. The van der Waals surface area contributed by atoms with Crippen LogP contribution in [0.5, 0.6) is 5.75 Å². The Morgan fingerprint density at radius 3 is 2.52 bits per heavy atom. The predicted octanol–water partition coefficient (Wildman–Crippen LogP) is 3.37. The number of carbonyl (C=O) groups is 2. The standard InChI is InChI=1S/C22H26N2O4S/c1-15(25)28-20-21(16-9-5-7-11-18(16)27-4)29-19-12-8-6-10-17(19)24(22(20)26)14-13-23(2)3/h5-12,20-21H,13-14H2,1-4H3/t20-,21-/m0/s1. The van der Waals surface area contributed by atoms with Crippen molar-refractivity contribution in [1.82, 2.24) is 4.90 Å². The largest absolute Gasteiger partial charge is 0.496 e. The van der Waals surface area contributed by atoms with Crippen molar-refractivity contribution in [3.63, 3.8) is 0 Å². The van der Waals surface area contributed by atoms with Gasteiger partial charge in [-0.1, -0.05) is 30.3 Å². The molecule has 7 heteroatoms. The van der Waals surface area contributed by atoms with Crippen LogP contribution >= 0.6 is 11.8 Å². The van der Waals surface area contributed by atoms with Crippen molar-refractivity contribution in [1.29, 1.82) is 0 Å². The number of esters is 1. The normalized spacial score (nSPS) is 18.9. The van der Waals surface area contributed by atoms with Gasteiger partial charge in [0.15, 0.2) is 6.10 Å². The Kier molecular flexibility index (Phi) is 6.82. The summed E-state index contributed by atoms with van der Waals surface area (Å²) in [6.07, 6.45) is -0.955. The first-order valence-electron chi connectivity index (χ1n) is 9.44. The van der Waals surface area contributed by atoms with Crippen LogP contribution in [0.1, 0.15) is 17.7 Å². The molecule has 29 heavy (non-hydrogen) atoms. The van der Waals surface area contributed by atoms with E-state index in [9.17, 15) is 9.59 Å². The van der Waals surface area contributed by atoms with Crippen molar-refractivity contribution in [2.24, 2.45) is 0 Å². The first kappa shape index (κ1) is 21.2. The molecule has 0 aliphatic carbocycles. The van der Waals surface area contributed by atoms with Gasteiger partial charge in [-0.05, 0) is 32.3 Å². The number of anilines is 1. The Labute approximate surface area is 175 Å². The second-order valence-electron chi connectivity index (χ2n) is 7.07. The number of likely N-dealkylation sites (N-methyl/N-ethyl adjacent to an activating group) is 1. The number of amides is 1. The minimum Gasteiger partial charge on any atom is -0.496 e. The van der Waals surface area contributed by atoms with Crippen molar-refractivity contribution in [2.45, 2.75) is 23.2 Å². The van der Waals surface area contributed by atoms with Crippen molar-refractivity contribution in [3.8, 4) is 5.75 Å². The van der Waals surface area contributed by atoms with E-state index in [1.54, 1.807) is 12.0 Å². The molecule has 0 spiro atoms. The Morgan fingerprint density at radius 1 is 1.14 bits per heavy atom. The molecule has 0 aromatic heterocycles. The molecule has 0 saturated carbocycles. The molecule has 1 heterocycles. The third kappa shape index (κ3) is 4.74. The number of ether oxygens (including phenoxy) is 2. The number of thioether (sulfide) groups is 1. The van der Waals surface area contributed by atoms with Gasteiger partial charge in [-0.25, -0.2) is 0 Å². The fourth-order valence-electron chi connectivity index (χ4n) is 3.33. The molecule has 0 fully saturated rings. The number of benzene rings is 2. The Hall–Kier alpha value is -2.51. The van der Waals surface area contributed by atoms with Gasteiger partial charge < -0.3 is 19.3 Å². The van der Waals surface area contributed by atoms with E-state index in [0.29, 0.717) is 18.8 Å². The van der Waals surface area contributed by atoms with Gasteiger partial charge >= 0.3 is 5.97 Å². The van der Waals surface area contributed by atoms with E-state index < -0.39 is 17.3 Å². The van der Waals surface area contributed by atoms with E-state index in [1.165, 1.54) is 18.7 Å². The van der Waals surface area contributed by atoms with Crippen LogP contribution in [0.2, 0.25) is 0 Å². The third-order valence-corrected chi connectivity index (χ3v) is 6.06. The lowest BCUT2D eigenvalue weighted by molar-refractivity contribution is -0.152. The van der Waals surface area contributed by atoms with E-state index >= 15 is 0 Å². The number of hydrogen-bond acceptors (Lipinski definition) is 6. The monoisotopic (exact) mass is 414 g/mol. The molecule has 1 amide bonds. The van der Waals surface area contributed by atoms with Crippen LogP contribution in [0.25, 0.3) is 0 Å². The summed E-state index contributed by atoms with van der Waals surface area (Å²) in [5.41, 5.74) is 1.66. The lowest BCUT2D eigenvalue weighted by Gasteiger charge is -2.28. The number of nitrogens with zero attached hydrogens (tertiary/aromatic N) is 2. The van der Waals surface area contributed by atoms with Crippen LogP contribution < -0.4 is 9.64 Å². The average molecular weight is 415 g/mol. The summed E-state index contributed by atoms with van der Waals surface area (Å²) in [6, 6.07) is 15.3. The Bertz CT molecular complexity index is 887. The maximum absolute atomic E-state index is 13.6. The first-order valence-corrected chi connectivity index (χ1v) is 10.3. The topological polar surface area (TPSA) is 59.1 Å². The van der Waals surface area contributed by atoms with E-state index in [2.05, 4.69) is 0 Å². The number of rotatable bonds is 6. The molecule has 0 unspecified atom stereocenters. The molecule has 3 rings (SSSR count). The molecular formula is C22H26N2O4S. The highest BCUT2D eigenvalue weighted by Crippen LogP contribution is 2.48. The van der Waals surface area contributed by atoms with Crippen LogP contribution in [0.3, 0.4) is 0 Å². The van der Waals surface area contributed by atoms with Crippen molar-refractivity contribution in [3.05, 3.63) is 54.1 Å². The van der Waals surface area contributed by atoms with Crippen LogP contribution in [0.4, 0.5) is 5.69 Å². The highest BCUT2D eigenvalue weighted by Gasteiger charge is 2.41. The molecule has 1 aliphatic heterocycles. The van der Waals surface area contributed by atoms with Gasteiger partial charge in [0.2, 0.25) is 0 Å². The predicted molar refractivity (Wildman–Crippen MR) is 114 cm³/mol. The van der Waals surface area contributed by atoms with Gasteiger partial charge in [-0.3, -0.25) is 9.59 Å². The molecule has 6 nitrogen and oxygen atoms in total. The number of fused-ring (bicyclic) bond motifs is 1. The smallest absolute Gasteiger partial charge is 0.303 e. The molecular weight excluding hydrogens is 388 g/mol. The van der Waals surface area contributed by atoms with Crippen LogP contribution in [-0.4, -0.2) is 57.2 Å². The maximum Gasteiger partial charge on any atom is 0.303 e. The summed E-state index contributed by atoms with van der Waals surface area (Å²) >= 11 is 1.52. The fraction of sp³-hybridized carbons (Fsp3) is 0.364. The zero-order chi connectivity index (χ0) is 21.0. The average Bonchev–Trinajstić information content (AvgIpc) is 2.81. The van der Waals surface area contributed by atoms with Crippen molar-refractivity contribution >= 4 is 29.3 Å². The van der Waals surface area contributed by atoms with Crippen molar-refractivity contribution in [2.75, 3.05) is 39.2 Å². The summed E-state index contributed by atoms with van der Waals surface area (Å²) in [4.78, 5) is 30.2. The van der Waals surface area contributed by atoms with Gasteiger partial charge in [-0.15, -0.1) is 11.8 Å². The first-order chi connectivity index (χ1) is 13.9. The Morgan fingerprint density at radius 2 is 1.83 bits per heavy atom.